The molecule has 1 N–H and O–H groups in total. The van der Waals surface area contributed by atoms with Gasteiger partial charge in [0.25, 0.3) is 0 Å². The predicted molar refractivity (Wildman–Crippen MR) is 56.4 cm³/mol. The first kappa shape index (κ1) is 13.9. The Hall–Kier alpha value is -2.51. The summed E-state index contributed by atoms with van der Waals surface area (Å²) >= 11 is 0. The Kier molecular flexibility index (Phi) is 3.39. The molecule has 2 rings (SSSR count). The number of aromatic carboxylic acids is 1. The zero-order valence-corrected chi connectivity index (χ0v) is 9.42. The highest BCUT2D eigenvalue weighted by molar-refractivity contribution is 5.94. The van der Waals surface area contributed by atoms with Crippen molar-refractivity contribution in [2.45, 2.75) is 0 Å². The van der Waals surface area contributed by atoms with Crippen LogP contribution in [-0.2, 0) is 0 Å². The SMILES string of the molecule is O=C(O)c1ncccc1-c1c(F)c(F)c(F)c(F)c1F. The number of nitrogens with zero attached hydrogens (tertiary/aromatic N) is 1. The summed E-state index contributed by atoms with van der Waals surface area (Å²) in [7, 11) is 0. The van der Waals surface area contributed by atoms with Gasteiger partial charge >= 0.3 is 5.97 Å². The molecule has 0 bridgehead atoms. The molecule has 0 aliphatic heterocycles. The van der Waals surface area contributed by atoms with Crippen LogP contribution in [0.15, 0.2) is 18.3 Å². The fraction of sp³-hybridized carbons (Fsp3) is 0. The fourth-order valence-electron chi connectivity index (χ4n) is 1.62. The molecule has 0 saturated heterocycles. The van der Waals surface area contributed by atoms with Gasteiger partial charge < -0.3 is 5.11 Å². The molecule has 0 unspecified atom stereocenters. The zero-order chi connectivity index (χ0) is 15.0. The number of aromatic nitrogens is 1. The lowest BCUT2D eigenvalue weighted by Gasteiger charge is -2.09. The highest BCUT2D eigenvalue weighted by Gasteiger charge is 2.29. The van der Waals surface area contributed by atoms with Gasteiger partial charge in [-0.05, 0) is 6.07 Å². The van der Waals surface area contributed by atoms with Gasteiger partial charge in [-0.2, -0.15) is 0 Å². The molecule has 0 spiro atoms. The number of rotatable bonds is 2. The van der Waals surface area contributed by atoms with E-state index in [4.69, 9.17) is 5.11 Å². The molecule has 0 fully saturated rings. The lowest BCUT2D eigenvalue weighted by atomic mass is 10.0. The normalized spacial score (nSPS) is 10.7. The first-order valence-electron chi connectivity index (χ1n) is 5.06. The van der Waals surface area contributed by atoms with Crippen LogP contribution in [0.1, 0.15) is 10.5 Å². The number of hydrogen-bond acceptors (Lipinski definition) is 2. The molecule has 1 heterocycles. The highest BCUT2D eigenvalue weighted by atomic mass is 19.2. The fourth-order valence-corrected chi connectivity index (χ4v) is 1.62. The Morgan fingerprint density at radius 2 is 1.45 bits per heavy atom. The maximum absolute atomic E-state index is 13.6. The molecule has 3 nitrogen and oxygen atoms in total. The van der Waals surface area contributed by atoms with Crippen molar-refractivity contribution in [3.05, 3.63) is 53.1 Å². The number of carboxylic acid groups (broad SMARTS) is 1. The molecule has 1 aromatic carbocycles. The molecule has 0 saturated carbocycles. The van der Waals surface area contributed by atoms with Crippen LogP contribution in [0.4, 0.5) is 22.0 Å². The van der Waals surface area contributed by atoms with Crippen molar-refractivity contribution >= 4 is 5.97 Å². The maximum atomic E-state index is 13.6. The number of hydrogen-bond donors (Lipinski definition) is 1. The largest absolute Gasteiger partial charge is 0.476 e. The van der Waals surface area contributed by atoms with Gasteiger partial charge in [0.15, 0.2) is 29.0 Å². The van der Waals surface area contributed by atoms with Crippen LogP contribution in [0.3, 0.4) is 0 Å². The minimum atomic E-state index is -2.32. The standard InChI is InChI=1S/C12H4F5NO2/c13-6-5(7(14)9(16)10(17)8(6)15)4-2-1-3-18-11(4)12(19)20/h1-3H,(H,19,20). The van der Waals surface area contributed by atoms with E-state index < -0.39 is 51.9 Å². The zero-order valence-electron chi connectivity index (χ0n) is 9.42. The second-order valence-corrected chi connectivity index (χ2v) is 3.65. The molecule has 2 aromatic rings. The van der Waals surface area contributed by atoms with Gasteiger partial charge in [0.2, 0.25) is 5.82 Å². The number of pyridine rings is 1. The van der Waals surface area contributed by atoms with E-state index in [0.29, 0.717) is 0 Å². The molecule has 0 aliphatic rings. The molecule has 0 atom stereocenters. The van der Waals surface area contributed by atoms with E-state index in [1.54, 1.807) is 0 Å². The number of benzene rings is 1. The lowest BCUT2D eigenvalue weighted by Crippen LogP contribution is -2.08. The van der Waals surface area contributed by atoms with Gasteiger partial charge in [-0.15, -0.1) is 0 Å². The van der Waals surface area contributed by atoms with E-state index >= 15 is 0 Å². The second kappa shape index (κ2) is 4.87. The van der Waals surface area contributed by atoms with Crippen molar-refractivity contribution in [3.8, 4) is 11.1 Å². The van der Waals surface area contributed by atoms with E-state index in [1.807, 2.05) is 0 Å². The van der Waals surface area contributed by atoms with Crippen LogP contribution < -0.4 is 0 Å². The average Bonchev–Trinajstić information content (AvgIpc) is 2.43. The smallest absolute Gasteiger partial charge is 0.355 e. The summed E-state index contributed by atoms with van der Waals surface area (Å²) in [6.45, 7) is 0. The number of carbonyl (C=O) groups is 1. The Balaban J connectivity index is 2.88. The summed E-state index contributed by atoms with van der Waals surface area (Å²) in [6.07, 6.45) is 1.01. The van der Waals surface area contributed by atoms with E-state index in [9.17, 15) is 26.7 Å². The van der Waals surface area contributed by atoms with Gasteiger partial charge in [0.05, 0.1) is 5.56 Å². The van der Waals surface area contributed by atoms with Gasteiger partial charge in [-0.3, -0.25) is 0 Å². The van der Waals surface area contributed by atoms with E-state index in [0.717, 1.165) is 18.3 Å². The molecule has 104 valence electrons. The third kappa shape index (κ3) is 1.98. The quantitative estimate of drug-likeness (QED) is 0.525. The van der Waals surface area contributed by atoms with Gasteiger partial charge in [0, 0.05) is 11.8 Å². The Bertz CT molecular complexity index is 688. The second-order valence-electron chi connectivity index (χ2n) is 3.65. The Labute approximate surface area is 108 Å². The van der Waals surface area contributed by atoms with Crippen LogP contribution in [0.5, 0.6) is 0 Å². The van der Waals surface area contributed by atoms with Crippen LogP contribution in [-0.4, -0.2) is 16.1 Å². The first-order chi connectivity index (χ1) is 9.36. The van der Waals surface area contributed by atoms with E-state index in [2.05, 4.69) is 4.98 Å². The van der Waals surface area contributed by atoms with E-state index in [1.165, 1.54) is 0 Å². The molecule has 0 radical (unpaired) electrons. The van der Waals surface area contributed by atoms with Crippen molar-refractivity contribution < 1.29 is 31.9 Å². The van der Waals surface area contributed by atoms with Crippen LogP contribution in [0.2, 0.25) is 0 Å². The van der Waals surface area contributed by atoms with Gasteiger partial charge in [-0.25, -0.2) is 31.7 Å². The average molecular weight is 289 g/mol. The molecule has 1 aromatic heterocycles. The highest BCUT2D eigenvalue weighted by Crippen LogP contribution is 2.32. The van der Waals surface area contributed by atoms with Crippen LogP contribution >= 0.6 is 0 Å². The molecular weight excluding hydrogens is 285 g/mol. The topological polar surface area (TPSA) is 50.2 Å². The predicted octanol–water partition coefficient (Wildman–Crippen LogP) is 3.14. The van der Waals surface area contributed by atoms with Crippen LogP contribution in [0.25, 0.3) is 11.1 Å². The van der Waals surface area contributed by atoms with Gasteiger partial charge in [-0.1, -0.05) is 6.07 Å². The van der Waals surface area contributed by atoms with Crippen molar-refractivity contribution in [3.63, 3.8) is 0 Å². The summed E-state index contributed by atoms with van der Waals surface area (Å²) in [5.74, 6) is -12.5. The lowest BCUT2D eigenvalue weighted by molar-refractivity contribution is 0.0691. The summed E-state index contributed by atoms with van der Waals surface area (Å²) in [5.41, 5.74) is -2.85. The Morgan fingerprint density at radius 3 is 1.95 bits per heavy atom. The molecule has 20 heavy (non-hydrogen) atoms. The first-order valence-corrected chi connectivity index (χ1v) is 5.06. The van der Waals surface area contributed by atoms with Crippen molar-refractivity contribution in [2.24, 2.45) is 0 Å². The molecule has 8 heteroatoms. The van der Waals surface area contributed by atoms with Crippen molar-refractivity contribution in [1.82, 2.24) is 4.98 Å². The summed E-state index contributed by atoms with van der Waals surface area (Å²) in [4.78, 5) is 14.2. The summed E-state index contributed by atoms with van der Waals surface area (Å²) in [6, 6.07) is 2.01. The maximum Gasteiger partial charge on any atom is 0.355 e. The number of carboxylic acids is 1. The van der Waals surface area contributed by atoms with Crippen molar-refractivity contribution in [1.29, 1.82) is 0 Å². The number of halogens is 5. The monoisotopic (exact) mass is 289 g/mol. The third-order valence-corrected chi connectivity index (χ3v) is 2.49. The van der Waals surface area contributed by atoms with Gasteiger partial charge in [0.1, 0.15) is 0 Å². The molecular formula is C12H4F5NO2. The van der Waals surface area contributed by atoms with E-state index in [-0.39, 0.29) is 0 Å². The molecule has 0 amide bonds. The summed E-state index contributed by atoms with van der Waals surface area (Å²) < 4.78 is 66.3. The Morgan fingerprint density at radius 1 is 0.950 bits per heavy atom. The molecule has 0 aliphatic carbocycles. The third-order valence-electron chi connectivity index (χ3n) is 2.49. The minimum absolute atomic E-state index is 0.701. The minimum Gasteiger partial charge on any atom is -0.476 e. The summed E-state index contributed by atoms with van der Waals surface area (Å²) in [5, 5.41) is 8.83. The van der Waals surface area contributed by atoms with Crippen molar-refractivity contribution in [2.75, 3.05) is 0 Å². The van der Waals surface area contributed by atoms with Crippen LogP contribution in [0, 0.1) is 29.1 Å².